The number of esters is 1. The molecule has 0 amide bonds. The van der Waals surface area contributed by atoms with Crippen LogP contribution in [-0.4, -0.2) is 11.0 Å². The number of carbonyl (C=O) groups excluding carboxylic acids is 1. The second kappa shape index (κ2) is 5.53. The first-order chi connectivity index (χ1) is 9.83. The zero-order valence-electron chi connectivity index (χ0n) is 10.8. The van der Waals surface area contributed by atoms with Crippen molar-refractivity contribution >= 4 is 16.7 Å². The maximum Gasteiger partial charge on any atom is 0.317 e. The van der Waals surface area contributed by atoms with Crippen LogP contribution in [0.25, 0.3) is 10.8 Å². The highest BCUT2D eigenvalue weighted by atomic mass is 16.5. The Morgan fingerprint density at radius 3 is 2.60 bits per heavy atom. The van der Waals surface area contributed by atoms with Gasteiger partial charge in [-0.3, -0.25) is 4.79 Å². The van der Waals surface area contributed by atoms with E-state index in [9.17, 15) is 4.79 Å². The van der Waals surface area contributed by atoms with Gasteiger partial charge in [0.25, 0.3) is 0 Å². The Labute approximate surface area is 116 Å². The monoisotopic (exact) mass is 263 g/mol. The van der Waals surface area contributed by atoms with E-state index < -0.39 is 0 Å². The molecule has 2 aromatic carbocycles. The van der Waals surface area contributed by atoms with Crippen LogP contribution in [-0.2, 0) is 11.2 Å². The molecule has 0 bridgehead atoms. The minimum atomic E-state index is -0.306. The number of aromatic nitrogens is 1. The van der Waals surface area contributed by atoms with E-state index in [0.29, 0.717) is 5.88 Å². The van der Waals surface area contributed by atoms with Gasteiger partial charge in [0, 0.05) is 12.3 Å². The number of hydrogen-bond acceptors (Lipinski definition) is 3. The first kappa shape index (κ1) is 12.4. The van der Waals surface area contributed by atoms with Crippen LogP contribution >= 0.6 is 0 Å². The lowest BCUT2D eigenvalue weighted by atomic mass is 10.0. The molecule has 0 spiro atoms. The molecular weight excluding hydrogens is 250 g/mol. The van der Waals surface area contributed by atoms with E-state index in [1.165, 1.54) is 0 Å². The lowest BCUT2D eigenvalue weighted by molar-refractivity contribution is -0.133. The number of hydrogen-bond donors (Lipinski definition) is 0. The molecule has 3 rings (SSSR count). The van der Waals surface area contributed by atoms with Gasteiger partial charge in [-0.15, -0.1) is 0 Å². The van der Waals surface area contributed by atoms with E-state index in [-0.39, 0.29) is 12.4 Å². The lowest BCUT2D eigenvalue weighted by Gasteiger charge is -2.06. The summed E-state index contributed by atoms with van der Waals surface area (Å²) in [7, 11) is 0. The van der Waals surface area contributed by atoms with Crippen LogP contribution in [0.2, 0.25) is 0 Å². The second-order valence-electron chi connectivity index (χ2n) is 4.46. The molecular formula is C17H13NO2. The van der Waals surface area contributed by atoms with Crippen LogP contribution in [0.3, 0.4) is 0 Å². The molecule has 0 N–H and O–H groups in total. The average molecular weight is 263 g/mol. The van der Waals surface area contributed by atoms with E-state index in [2.05, 4.69) is 4.98 Å². The fraction of sp³-hybridized carbons (Fsp3) is 0.0588. The summed E-state index contributed by atoms with van der Waals surface area (Å²) in [6.45, 7) is 0. The van der Waals surface area contributed by atoms with Crippen molar-refractivity contribution < 1.29 is 9.53 Å². The number of rotatable bonds is 3. The van der Waals surface area contributed by atoms with Crippen molar-refractivity contribution in [2.75, 3.05) is 0 Å². The molecule has 3 aromatic rings. The molecule has 0 aliphatic heterocycles. The summed E-state index contributed by atoms with van der Waals surface area (Å²) in [4.78, 5) is 15.9. The van der Waals surface area contributed by atoms with Gasteiger partial charge in [-0.1, -0.05) is 48.5 Å². The van der Waals surface area contributed by atoms with E-state index in [4.69, 9.17) is 4.74 Å². The van der Waals surface area contributed by atoms with Gasteiger partial charge >= 0.3 is 5.97 Å². The SMILES string of the molecule is O=C(Cc1cccc2ccccc12)Oc1ccccn1. The summed E-state index contributed by atoms with van der Waals surface area (Å²) in [6, 6.07) is 19.2. The maximum absolute atomic E-state index is 12.0. The Bertz CT molecular complexity index is 733. The molecule has 3 nitrogen and oxygen atoms in total. The van der Waals surface area contributed by atoms with Gasteiger partial charge in [0.05, 0.1) is 6.42 Å². The summed E-state index contributed by atoms with van der Waals surface area (Å²) < 4.78 is 5.22. The van der Waals surface area contributed by atoms with Crippen LogP contribution in [0.1, 0.15) is 5.56 Å². The highest BCUT2D eigenvalue weighted by Gasteiger charge is 2.09. The van der Waals surface area contributed by atoms with Gasteiger partial charge in [-0.25, -0.2) is 4.98 Å². The van der Waals surface area contributed by atoms with Crippen LogP contribution in [0, 0.1) is 0 Å². The molecule has 0 saturated carbocycles. The van der Waals surface area contributed by atoms with Crippen molar-refractivity contribution in [1.82, 2.24) is 4.98 Å². The zero-order chi connectivity index (χ0) is 13.8. The third-order valence-electron chi connectivity index (χ3n) is 3.07. The third kappa shape index (κ3) is 2.67. The highest BCUT2D eigenvalue weighted by molar-refractivity contribution is 5.89. The number of benzene rings is 2. The van der Waals surface area contributed by atoms with Gasteiger partial charge in [-0.05, 0) is 22.4 Å². The first-order valence-electron chi connectivity index (χ1n) is 6.41. The Hall–Kier alpha value is -2.68. The van der Waals surface area contributed by atoms with Crippen molar-refractivity contribution in [3.8, 4) is 5.88 Å². The van der Waals surface area contributed by atoms with E-state index in [1.807, 2.05) is 42.5 Å². The van der Waals surface area contributed by atoms with E-state index in [0.717, 1.165) is 16.3 Å². The van der Waals surface area contributed by atoms with Gasteiger partial charge in [0.2, 0.25) is 5.88 Å². The summed E-state index contributed by atoms with van der Waals surface area (Å²) in [6.07, 6.45) is 1.83. The predicted octanol–water partition coefficient (Wildman–Crippen LogP) is 3.38. The van der Waals surface area contributed by atoms with Crippen molar-refractivity contribution in [3.05, 3.63) is 72.4 Å². The Morgan fingerprint density at radius 2 is 1.75 bits per heavy atom. The summed E-state index contributed by atoms with van der Waals surface area (Å²) in [5, 5.41) is 2.20. The smallest absolute Gasteiger partial charge is 0.317 e. The normalized spacial score (nSPS) is 10.4. The van der Waals surface area contributed by atoms with E-state index in [1.54, 1.807) is 24.4 Å². The first-order valence-corrected chi connectivity index (χ1v) is 6.41. The Balaban J connectivity index is 1.81. The number of nitrogens with zero attached hydrogens (tertiary/aromatic N) is 1. The second-order valence-corrected chi connectivity index (χ2v) is 4.46. The molecule has 1 aromatic heterocycles. The minimum Gasteiger partial charge on any atom is -0.407 e. The Morgan fingerprint density at radius 1 is 0.950 bits per heavy atom. The molecule has 0 aliphatic rings. The van der Waals surface area contributed by atoms with Gasteiger partial charge in [-0.2, -0.15) is 0 Å². The summed E-state index contributed by atoms with van der Waals surface area (Å²) >= 11 is 0. The fourth-order valence-electron chi connectivity index (χ4n) is 2.16. The largest absolute Gasteiger partial charge is 0.407 e. The van der Waals surface area contributed by atoms with Gasteiger partial charge in [0.1, 0.15) is 0 Å². The highest BCUT2D eigenvalue weighted by Crippen LogP contribution is 2.19. The van der Waals surface area contributed by atoms with Gasteiger partial charge in [0.15, 0.2) is 0 Å². The van der Waals surface area contributed by atoms with E-state index >= 15 is 0 Å². The predicted molar refractivity (Wildman–Crippen MR) is 77.5 cm³/mol. The zero-order valence-corrected chi connectivity index (χ0v) is 10.8. The minimum absolute atomic E-state index is 0.234. The van der Waals surface area contributed by atoms with Crippen molar-refractivity contribution in [2.24, 2.45) is 0 Å². The van der Waals surface area contributed by atoms with Crippen molar-refractivity contribution in [2.45, 2.75) is 6.42 Å². The summed E-state index contributed by atoms with van der Waals surface area (Å²) in [5.74, 6) is 0.0257. The lowest BCUT2D eigenvalue weighted by Crippen LogP contribution is -2.12. The van der Waals surface area contributed by atoms with Crippen molar-refractivity contribution in [3.63, 3.8) is 0 Å². The third-order valence-corrected chi connectivity index (χ3v) is 3.07. The summed E-state index contributed by atoms with van der Waals surface area (Å²) in [5.41, 5.74) is 0.962. The molecule has 3 heteroatoms. The molecule has 0 aliphatic carbocycles. The molecule has 20 heavy (non-hydrogen) atoms. The van der Waals surface area contributed by atoms with Crippen LogP contribution in [0.15, 0.2) is 66.9 Å². The number of pyridine rings is 1. The van der Waals surface area contributed by atoms with Crippen LogP contribution in [0.4, 0.5) is 0 Å². The standard InChI is InChI=1S/C17H13NO2/c19-17(20-16-10-3-4-11-18-16)12-14-8-5-7-13-6-1-2-9-15(13)14/h1-11H,12H2. The molecule has 1 heterocycles. The van der Waals surface area contributed by atoms with Crippen molar-refractivity contribution in [1.29, 1.82) is 0 Å². The Kier molecular flexibility index (Phi) is 3.42. The van der Waals surface area contributed by atoms with Gasteiger partial charge < -0.3 is 4.74 Å². The molecule has 98 valence electrons. The molecule has 0 saturated heterocycles. The van der Waals surface area contributed by atoms with Crippen LogP contribution < -0.4 is 4.74 Å². The fourth-order valence-corrected chi connectivity index (χ4v) is 2.16. The quantitative estimate of drug-likeness (QED) is 0.680. The van der Waals surface area contributed by atoms with Crippen LogP contribution in [0.5, 0.6) is 5.88 Å². The molecule has 0 fully saturated rings. The average Bonchev–Trinajstić information content (AvgIpc) is 2.48. The maximum atomic E-state index is 12.0. The number of fused-ring (bicyclic) bond motifs is 1. The topological polar surface area (TPSA) is 39.2 Å². The number of carbonyl (C=O) groups is 1. The molecule has 0 atom stereocenters. The molecule has 0 radical (unpaired) electrons. The number of ether oxygens (including phenoxy) is 1. The molecule has 0 unspecified atom stereocenters.